The van der Waals surface area contributed by atoms with Crippen molar-refractivity contribution in [2.24, 2.45) is 0 Å². The lowest BCUT2D eigenvalue weighted by atomic mass is 10.1. The van der Waals surface area contributed by atoms with Crippen LogP contribution < -0.4 is 15.2 Å². The minimum Gasteiger partial charge on any atom is -0.493 e. The number of nitrogens with two attached hydrogens (primary N) is 1. The first-order chi connectivity index (χ1) is 11.2. The zero-order chi connectivity index (χ0) is 16.2. The summed E-state index contributed by atoms with van der Waals surface area (Å²) in [7, 11) is 1.63. The number of rotatable bonds is 5. The van der Waals surface area contributed by atoms with Crippen molar-refractivity contribution in [1.29, 1.82) is 0 Å². The van der Waals surface area contributed by atoms with Crippen molar-refractivity contribution in [3.8, 4) is 11.5 Å². The first-order valence-electron chi connectivity index (χ1n) is 7.46. The highest BCUT2D eigenvalue weighted by Crippen LogP contribution is 2.26. The first-order valence-corrected chi connectivity index (χ1v) is 7.46. The van der Waals surface area contributed by atoms with E-state index in [0.29, 0.717) is 13.0 Å². The molecule has 118 valence electrons. The molecule has 0 fully saturated rings. The van der Waals surface area contributed by atoms with Crippen molar-refractivity contribution >= 4 is 16.9 Å². The number of hydrogen-bond acceptors (Lipinski definition) is 5. The van der Waals surface area contributed by atoms with Crippen LogP contribution in [-0.2, 0) is 6.42 Å². The fourth-order valence-electron chi connectivity index (χ4n) is 2.51. The Morgan fingerprint density at radius 2 is 1.83 bits per heavy atom. The van der Waals surface area contributed by atoms with Crippen LogP contribution in [0, 0.1) is 6.92 Å². The van der Waals surface area contributed by atoms with E-state index in [4.69, 9.17) is 15.2 Å². The molecule has 2 aromatic carbocycles. The van der Waals surface area contributed by atoms with Crippen molar-refractivity contribution in [1.82, 2.24) is 9.97 Å². The number of nitrogen functional groups attached to an aromatic ring is 1. The predicted octanol–water partition coefficient (Wildman–Crippen LogP) is 3.15. The van der Waals surface area contributed by atoms with Gasteiger partial charge in [0, 0.05) is 11.8 Å². The molecule has 5 heteroatoms. The molecule has 0 bridgehead atoms. The molecule has 5 nitrogen and oxygen atoms in total. The second kappa shape index (κ2) is 6.52. The van der Waals surface area contributed by atoms with Crippen LogP contribution in [0.1, 0.15) is 11.3 Å². The molecule has 1 heterocycles. The van der Waals surface area contributed by atoms with Gasteiger partial charge in [-0.1, -0.05) is 23.8 Å². The highest BCUT2D eigenvalue weighted by molar-refractivity contribution is 5.82. The summed E-state index contributed by atoms with van der Waals surface area (Å²) in [5.41, 5.74) is 8.72. The molecule has 0 spiro atoms. The third kappa shape index (κ3) is 3.34. The van der Waals surface area contributed by atoms with E-state index in [1.165, 1.54) is 0 Å². The highest BCUT2D eigenvalue weighted by atomic mass is 16.5. The Labute approximate surface area is 135 Å². The lowest BCUT2D eigenvalue weighted by molar-refractivity contribution is 0.297. The van der Waals surface area contributed by atoms with Gasteiger partial charge < -0.3 is 15.2 Å². The molecule has 0 saturated carbocycles. The maximum Gasteiger partial charge on any atom is 0.220 e. The molecule has 0 saturated heterocycles. The van der Waals surface area contributed by atoms with Gasteiger partial charge in [-0.3, -0.25) is 0 Å². The van der Waals surface area contributed by atoms with Crippen molar-refractivity contribution in [3.05, 3.63) is 53.7 Å². The molecule has 3 aromatic rings. The van der Waals surface area contributed by atoms with Crippen LogP contribution in [0.2, 0.25) is 0 Å². The molecule has 0 radical (unpaired) electrons. The fourth-order valence-corrected chi connectivity index (χ4v) is 2.51. The average molecular weight is 309 g/mol. The van der Waals surface area contributed by atoms with E-state index in [9.17, 15) is 0 Å². The summed E-state index contributed by atoms with van der Waals surface area (Å²) >= 11 is 0. The largest absolute Gasteiger partial charge is 0.493 e. The first kappa shape index (κ1) is 15.1. The van der Waals surface area contributed by atoms with Gasteiger partial charge in [-0.05, 0) is 31.2 Å². The van der Waals surface area contributed by atoms with E-state index >= 15 is 0 Å². The summed E-state index contributed by atoms with van der Waals surface area (Å²) < 4.78 is 11.1. The topological polar surface area (TPSA) is 70.3 Å². The number of hydrogen-bond donors (Lipinski definition) is 1. The number of methoxy groups -OCH3 is 1. The van der Waals surface area contributed by atoms with Gasteiger partial charge in [0.15, 0.2) is 11.5 Å². The maximum absolute atomic E-state index is 5.82. The smallest absolute Gasteiger partial charge is 0.220 e. The van der Waals surface area contributed by atoms with Crippen molar-refractivity contribution in [2.45, 2.75) is 13.3 Å². The predicted molar refractivity (Wildman–Crippen MR) is 90.9 cm³/mol. The Bertz CT molecular complexity index is 834. The van der Waals surface area contributed by atoms with E-state index in [1.54, 1.807) is 7.11 Å². The van der Waals surface area contributed by atoms with Crippen molar-refractivity contribution in [3.63, 3.8) is 0 Å². The minimum absolute atomic E-state index is 0.286. The number of fused-ring (bicyclic) bond motifs is 1. The second-order valence-electron chi connectivity index (χ2n) is 5.30. The van der Waals surface area contributed by atoms with Gasteiger partial charge in [0.05, 0.1) is 24.9 Å². The molecule has 0 aliphatic heterocycles. The molecule has 0 aliphatic rings. The molecule has 0 atom stereocenters. The number of benzene rings is 2. The molecule has 0 aliphatic carbocycles. The van der Waals surface area contributed by atoms with Gasteiger partial charge >= 0.3 is 0 Å². The number of nitrogens with zero attached hydrogens (tertiary/aromatic N) is 2. The molecule has 0 unspecified atom stereocenters. The quantitative estimate of drug-likeness (QED) is 0.784. The Hall–Kier alpha value is -2.82. The zero-order valence-electron chi connectivity index (χ0n) is 13.2. The zero-order valence-corrected chi connectivity index (χ0v) is 13.2. The van der Waals surface area contributed by atoms with Gasteiger partial charge in [0.25, 0.3) is 0 Å². The van der Waals surface area contributed by atoms with E-state index in [0.717, 1.165) is 33.7 Å². The SMILES string of the molecule is COc1ccccc1OCCc1nc(N)nc2ccc(C)cc12. The summed E-state index contributed by atoms with van der Waals surface area (Å²) in [4.78, 5) is 8.65. The highest BCUT2D eigenvalue weighted by Gasteiger charge is 2.08. The molecular formula is C18H19N3O2. The van der Waals surface area contributed by atoms with Crippen LogP contribution in [0.4, 0.5) is 5.95 Å². The Balaban J connectivity index is 1.80. The summed E-state index contributed by atoms with van der Waals surface area (Å²) in [6.45, 7) is 2.53. The van der Waals surface area contributed by atoms with Crippen LogP contribution in [0.5, 0.6) is 11.5 Å². The second-order valence-corrected chi connectivity index (χ2v) is 5.30. The number of ether oxygens (including phenoxy) is 2. The fraction of sp³-hybridized carbons (Fsp3) is 0.222. The maximum atomic E-state index is 5.82. The van der Waals surface area contributed by atoms with E-state index < -0.39 is 0 Å². The van der Waals surface area contributed by atoms with Crippen molar-refractivity contribution in [2.75, 3.05) is 19.5 Å². The summed E-state index contributed by atoms with van der Waals surface area (Å²) in [5, 5.41) is 1.02. The number of aromatic nitrogens is 2. The molecule has 23 heavy (non-hydrogen) atoms. The van der Waals surface area contributed by atoms with Gasteiger partial charge in [-0.2, -0.15) is 0 Å². The van der Waals surface area contributed by atoms with Crippen LogP contribution >= 0.6 is 0 Å². The Morgan fingerprint density at radius 1 is 1.04 bits per heavy atom. The van der Waals surface area contributed by atoms with Gasteiger partial charge in [0.1, 0.15) is 0 Å². The summed E-state index contributed by atoms with van der Waals surface area (Å²) in [6, 6.07) is 13.6. The summed E-state index contributed by atoms with van der Waals surface area (Å²) in [5.74, 6) is 1.72. The molecule has 2 N–H and O–H groups in total. The number of anilines is 1. The average Bonchev–Trinajstić information content (AvgIpc) is 2.55. The Morgan fingerprint density at radius 3 is 2.61 bits per heavy atom. The van der Waals surface area contributed by atoms with Crippen LogP contribution in [0.25, 0.3) is 10.9 Å². The van der Waals surface area contributed by atoms with Crippen LogP contribution in [-0.4, -0.2) is 23.7 Å². The van der Waals surface area contributed by atoms with E-state index in [1.807, 2.05) is 43.3 Å². The van der Waals surface area contributed by atoms with E-state index in [2.05, 4.69) is 16.0 Å². The van der Waals surface area contributed by atoms with Crippen LogP contribution in [0.15, 0.2) is 42.5 Å². The molecule has 1 aromatic heterocycles. The van der Waals surface area contributed by atoms with Gasteiger partial charge in [-0.25, -0.2) is 9.97 Å². The normalized spacial score (nSPS) is 10.7. The summed E-state index contributed by atoms with van der Waals surface area (Å²) in [6.07, 6.45) is 0.644. The third-order valence-corrected chi connectivity index (χ3v) is 3.61. The lowest BCUT2D eigenvalue weighted by Gasteiger charge is -2.11. The number of para-hydroxylation sites is 2. The standard InChI is InChI=1S/C18H19N3O2/c1-12-7-8-14-13(11-12)15(21-18(19)20-14)9-10-23-17-6-4-3-5-16(17)22-2/h3-8,11H,9-10H2,1-2H3,(H2,19,20,21). The monoisotopic (exact) mass is 309 g/mol. The van der Waals surface area contributed by atoms with Crippen LogP contribution in [0.3, 0.4) is 0 Å². The van der Waals surface area contributed by atoms with Gasteiger partial charge in [0.2, 0.25) is 5.95 Å². The van der Waals surface area contributed by atoms with Gasteiger partial charge in [-0.15, -0.1) is 0 Å². The molecular weight excluding hydrogens is 290 g/mol. The Kier molecular flexibility index (Phi) is 4.28. The molecule has 0 amide bonds. The lowest BCUT2D eigenvalue weighted by Crippen LogP contribution is -2.07. The minimum atomic E-state index is 0.286. The molecule has 3 rings (SSSR count). The van der Waals surface area contributed by atoms with Crippen molar-refractivity contribution < 1.29 is 9.47 Å². The van der Waals surface area contributed by atoms with E-state index in [-0.39, 0.29) is 5.95 Å². The third-order valence-electron chi connectivity index (χ3n) is 3.61. The number of aryl methyl sites for hydroxylation is 1.